The minimum absolute atomic E-state index is 0.0109. The van der Waals surface area contributed by atoms with E-state index in [1.54, 1.807) is 23.4 Å². The van der Waals surface area contributed by atoms with E-state index in [0.717, 1.165) is 24.0 Å². The largest absolute Gasteiger partial charge is 0.444 e. The maximum atomic E-state index is 14.6. The summed E-state index contributed by atoms with van der Waals surface area (Å²) < 4.78 is 20.2. The second-order valence-electron chi connectivity index (χ2n) is 9.47. The molecule has 1 aliphatic heterocycles. The smallest absolute Gasteiger partial charge is 0.410 e. The summed E-state index contributed by atoms with van der Waals surface area (Å²) in [5.74, 6) is -0.107. The number of piperidine rings is 1. The monoisotopic (exact) mass is 464 g/mol. The standard InChI is InChI=1S/C25H29FN6O2/c1-6-15-12-29-23(30-16-8-7-11-32(14-16)24(33)34-25(2,3)4)31-21(15)18-13-28-22-17(18)9-10-19(27-5)20(22)26/h9-10,12-13,16,28H,6-8,11,14H2,1-4H3,(H,29,30,31)/t16-/m0/s1. The molecule has 1 fully saturated rings. The number of carbonyl (C=O) groups excluding carboxylic acids is 1. The summed E-state index contributed by atoms with van der Waals surface area (Å²) in [5.41, 5.74) is 2.13. The first-order chi connectivity index (χ1) is 16.2. The fourth-order valence-corrected chi connectivity index (χ4v) is 4.17. The van der Waals surface area contributed by atoms with Gasteiger partial charge in [-0.1, -0.05) is 19.1 Å². The van der Waals surface area contributed by atoms with Gasteiger partial charge in [0.2, 0.25) is 11.6 Å². The third kappa shape index (κ3) is 4.81. The highest BCUT2D eigenvalue weighted by Gasteiger charge is 2.28. The number of aryl methyl sites for hydroxylation is 1. The summed E-state index contributed by atoms with van der Waals surface area (Å²) in [5, 5.41) is 4.03. The molecule has 0 saturated carbocycles. The molecule has 34 heavy (non-hydrogen) atoms. The van der Waals surface area contributed by atoms with Gasteiger partial charge in [0.1, 0.15) is 5.60 Å². The Hall–Kier alpha value is -3.67. The summed E-state index contributed by atoms with van der Waals surface area (Å²) in [6.07, 6.45) is 5.62. The number of nitrogens with zero attached hydrogens (tertiary/aromatic N) is 4. The van der Waals surface area contributed by atoms with Gasteiger partial charge in [0.15, 0.2) is 5.82 Å². The van der Waals surface area contributed by atoms with Crippen molar-refractivity contribution in [3.05, 3.63) is 47.3 Å². The van der Waals surface area contributed by atoms with E-state index in [0.29, 0.717) is 42.1 Å². The summed E-state index contributed by atoms with van der Waals surface area (Å²) in [7, 11) is 0. The Balaban J connectivity index is 1.59. The lowest BCUT2D eigenvalue weighted by Crippen LogP contribution is -2.47. The SMILES string of the molecule is [C-]#[N+]c1ccc2c(-c3nc(N[C@H]4CCCN(C(=O)OC(C)(C)C)C4)ncc3CC)c[nH]c2c1F. The third-order valence-electron chi connectivity index (χ3n) is 5.80. The first-order valence-corrected chi connectivity index (χ1v) is 11.5. The zero-order valence-corrected chi connectivity index (χ0v) is 19.9. The fourth-order valence-electron chi connectivity index (χ4n) is 4.17. The molecule has 9 heteroatoms. The van der Waals surface area contributed by atoms with Gasteiger partial charge in [-0.05, 0) is 45.6 Å². The Bertz CT molecular complexity index is 1260. The minimum atomic E-state index is -0.561. The molecule has 0 radical (unpaired) electrons. The van der Waals surface area contributed by atoms with Crippen LogP contribution in [0.1, 0.15) is 46.1 Å². The average molecular weight is 465 g/mol. The van der Waals surface area contributed by atoms with Crippen LogP contribution in [-0.4, -0.2) is 50.7 Å². The molecule has 3 aromatic rings. The number of hydrogen-bond acceptors (Lipinski definition) is 5. The molecule has 1 aliphatic rings. The van der Waals surface area contributed by atoms with E-state index in [-0.39, 0.29) is 17.8 Å². The number of anilines is 1. The normalized spacial score (nSPS) is 16.4. The number of amides is 1. The quantitative estimate of drug-likeness (QED) is 0.485. The van der Waals surface area contributed by atoms with Crippen LogP contribution in [0.5, 0.6) is 0 Å². The molecule has 1 atom stereocenters. The molecule has 0 aliphatic carbocycles. The summed E-state index contributed by atoms with van der Waals surface area (Å²) in [6, 6.07) is 3.22. The van der Waals surface area contributed by atoms with E-state index in [2.05, 4.69) is 20.1 Å². The predicted octanol–water partition coefficient (Wildman–Crippen LogP) is 5.69. The van der Waals surface area contributed by atoms with E-state index in [1.807, 2.05) is 27.7 Å². The molecular formula is C25H29FN6O2. The van der Waals surface area contributed by atoms with E-state index in [9.17, 15) is 9.18 Å². The van der Waals surface area contributed by atoms with E-state index in [1.165, 1.54) is 6.07 Å². The Kier molecular flexibility index (Phi) is 6.42. The molecule has 4 rings (SSSR count). The number of likely N-dealkylation sites (tertiary alicyclic amines) is 1. The first kappa shape index (κ1) is 23.5. The van der Waals surface area contributed by atoms with Crippen molar-refractivity contribution < 1.29 is 13.9 Å². The van der Waals surface area contributed by atoms with Gasteiger partial charge in [-0.2, -0.15) is 0 Å². The van der Waals surface area contributed by atoms with E-state index < -0.39 is 11.4 Å². The van der Waals surface area contributed by atoms with Crippen molar-refractivity contribution in [3.8, 4) is 11.3 Å². The molecule has 1 amide bonds. The highest BCUT2D eigenvalue weighted by molar-refractivity contribution is 5.97. The average Bonchev–Trinajstić information content (AvgIpc) is 3.23. The number of carbonyl (C=O) groups is 1. The summed E-state index contributed by atoms with van der Waals surface area (Å²) >= 11 is 0. The van der Waals surface area contributed by atoms with Crippen molar-refractivity contribution in [1.82, 2.24) is 19.9 Å². The highest BCUT2D eigenvalue weighted by Crippen LogP contribution is 2.34. The molecule has 2 aromatic heterocycles. The number of fused-ring (bicyclic) bond motifs is 1. The molecule has 1 aromatic carbocycles. The van der Waals surface area contributed by atoms with Crippen molar-refractivity contribution in [3.63, 3.8) is 0 Å². The number of benzene rings is 1. The van der Waals surface area contributed by atoms with Gasteiger partial charge in [0, 0.05) is 42.5 Å². The van der Waals surface area contributed by atoms with Crippen LogP contribution in [0.15, 0.2) is 24.5 Å². The van der Waals surface area contributed by atoms with Gasteiger partial charge in [-0.15, -0.1) is 0 Å². The van der Waals surface area contributed by atoms with Crippen molar-refractivity contribution in [2.45, 2.75) is 58.6 Å². The number of H-pyrrole nitrogens is 1. The fraction of sp³-hybridized carbons (Fsp3) is 0.440. The number of hydrogen-bond donors (Lipinski definition) is 2. The zero-order valence-electron chi connectivity index (χ0n) is 19.9. The van der Waals surface area contributed by atoms with Gasteiger partial charge in [0.05, 0.1) is 17.8 Å². The maximum absolute atomic E-state index is 14.6. The van der Waals surface area contributed by atoms with Crippen LogP contribution in [0.2, 0.25) is 0 Å². The molecule has 0 bridgehead atoms. The molecule has 1 saturated heterocycles. The zero-order chi connectivity index (χ0) is 24.5. The number of nitrogens with one attached hydrogen (secondary N) is 2. The van der Waals surface area contributed by atoms with Crippen LogP contribution in [0, 0.1) is 12.4 Å². The van der Waals surface area contributed by atoms with Crippen molar-refractivity contribution in [2.24, 2.45) is 0 Å². The first-order valence-electron chi connectivity index (χ1n) is 11.5. The van der Waals surface area contributed by atoms with Crippen molar-refractivity contribution >= 4 is 28.6 Å². The van der Waals surface area contributed by atoms with Crippen LogP contribution in [0.25, 0.3) is 27.0 Å². The predicted molar refractivity (Wildman–Crippen MR) is 129 cm³/mol. The lowest BCUT2D eigenvalue weighted by Gasteiger charge is -2.34. The molecule has 178 valence electrons. The van der Waals surface area contributed by atoms with Gasteiger partial charge >= 0.3 is 6.09 Å². The maximum Gasteiger partial charge on any atom is 0.410 e. The lowest BCUT2D eigenvalue weighted by atomic mass is 10.0. The van der Waals surface area contributed by atoms with Gasteiger partial charge in [-0.3, -0.25) is 0 Å². The second kappa shape index (κ2) is 9.29. The van der Waals surface area contributed by atoms with Crippen LogP contribution >= 0.6 is 0 Å². The Morgan fingerprint density at radius 1 is 1.41 bits per heavy atom. The van der Waals surface area contributed by atoms with Crippen LogP contribution in [0.4, 0.5) is 20.8 Å². The Labute approximate surface area is 198 Å². The van der Waals surface area contributed by atoms with Gasteiger partial charge in [0.25, 0.3) is 0 Å². The third-order valence-corrected chi connectivity index (χ3v) is 5.80. The number of aromatic amines is 1. The highest BCUT2D eigenvalue weighted by atomic mass is 19.1. The van der Waals surface area contributed by atoms with Crippen LogP contribution in [-0.2, 0) is 11.2 Å². The van der Waals surface area contributed by atoms with Gasteiger partial charge in [-0.25, -0.2) is 24.0 Å². The molecule has 0 unspecified atom stereocenters. The topological polar surface area (TPSA) is 87.5 Å². The van der Waals surface area contributed by atoms with Crippen molar-refractivity contribution in [2.75, 3.05) is 18.4 Å². The van der Waals surface area contributed by atoms with Gasteiger partial charge < -0.3 is 19.9 Å². The summed E-state index contributed by atoms with van der Waals surface area (Å²) in [6.45, 7) is 15.9. The minimum Gasteiger partial charge on any atom is -0.444 e. The summed E-state index contributed by atoms with van der Waals surface area (Å²) in [4.78, 5) is 29.7. The molecule has 3 heterocycles. The molecular weight excluding hydrogens is 435 g/mol. The van der Waals surface area contributed by atoms with Crippen molar-refractivity contribution in [1.29, 1.82) is 0 Å². The number of aromatic nitrogens is 3. The molecule has 8 nitrogen and oxygen atoms in total. The second-order valence-corrected chi connectivity index (χ2v) is 9.47. The number of ether oxygens (including phenoxy) is 1. The van der Waals surface area contributed by atoms with Crippen LogP contribution < -0.4 is 5.32 Å². The Morgan fingerprint density at radius 2 is 2.21 bits per heavy atom. The lowest BCUT2D eigenvalue weighted by molar-refractivity contribution is 0.0206. The molecule has 0 spiro atoms. The van der Waals surface area contributed by atoms with E-state index in [4.69, 9.17) is 16.3 Å². The molecule has 2 N–H and O–H groups in total. The Morgan fingerprint density at radius 3 is 2.91 bits per heavy atom. The number of halogens is 1. The van der Waals surface area contributed by atoms with E-state index >= 15 is 0 Å². The number of rotatable bonds is 4. The van der Waals surface area contributed by atoms with Crippen LogP contribution in [0.3, 0.4) is 0 Å².